The summed E-state index contributed by atoms with van der Waals surface area (Å²) in [6.45, 7) is 8.16. The summed E-state index contributed by atoms with van der Waals surface area (Å²) in [5.74, 6) is -2.16. The van der Waals surface area contributed by atoms with Gasteiger partial charge in [0.25, 0.3) is 0 Å². The fraction of sp³-hybridized carbons (Fsp3) is 0.480. The molecule has 0 saturated heterocycles. The van der Waals surface area contributed by atoms with Crippen LogP contribution < -0.4 is 0 Å². The predicted octanol–water partition coefficient (Wildman–Crippen LogP) is 3.54. The maximum absolute atomic E-state index is 12.5. The minimum absolute atomic E-state index is 0.0161. The first-order valence-electron chi connectivity index (χ1n) is 10.6. The van der Waals surface area contributed by atoms with E-state index in [4.69, 9.17) is 4.74 Å². The molecule has 7 nitrogen and oxygen atoms in total. The third kappa shape index (κ3) is 5.93. The van der Waals surface area contributed by atoms with Crippen molar-refractivity contribution in [3.8, 4) is 0 Å². The molecule has 0 aromatic heterocycles. The SMILES string of the molecule is C/C(=C\CC[C@@](C)(O)[C@@H](C)O)C(=O)OCC(C)(C)CC1=C(O)c2ccccc2C(=O)C1=O. The summed E-state index contributed by atoms with van der Waals surface area (Å²) >= 11 is 0. The van der Waals surface area contributed by atoms with Gasteiger partial charge in [0.15, 0.2) is 0 Å². The molecular weight excluding hydrogens is 412 g/mol. The first-order valence-corrected chi connectivity index (χ1v) is 10.6. The number of ketones is 2. The van der Waals surface area contributed by atoms with Gasteiger partial charge in [-0.15, -0.1) is 0 Å². The minimum Gasteiger partial charge on any atom is -0.507 e. The van der Waals surface area contributed by atoms with E-state index >= 15 is 0 Å². The van der Waals surface area contributed by atoms with E-state index in [1.807, 2.05) is 0 Å². The van der Waals surface area contributed by atoms with Gasteiger partial charge in [0.05, 0.1) is 18.3 Å². The third-order valence-corrected chi connectivity index (χ3v) is 5.77. The van der Waals surface area contributed by atoms with Crippen molar-refractivity contribution < 1.29 is 34.4 Å². The van der Waals surface area contributed by atoms with Crippen molar-refractivity contribution in [2.24, 2.45) is 5.41 Å². The van der Waals surface area contributed by atoms with Crippen molar-refractivity contribution in [1.82, 2.24) is 0 Å². The zero-order valence-electron chi connectivity index (χ0n) is 19.3. The quantitative estimate of drug-likeness (QED) is 0.303. The number of benzene rings is 1. The van der Waals surface area contributed by atoms with Crippen molar-refractivity contribution >= 4 is 23.3 Å². The van der Waals surface area contributed by atoms with E-state index in [0.717, 1.165) is 0 Å². The topological polar surface area (TPSA) is 121 Å². The highest BCUT2D eigenvalue weighted by molar-refractivity contribution is 6.52. The summed E-state index contributed by atoms with van der Waals surface area (Å²) in [6, 6.07) is 6.40. The fourth-order valence-corrected chi connectivity index (χ4v) is 3.36. The van der Waals surface area contributed by atoms with Crippen LogP contribution in [-0.4, -0.2) is 51.2 Å². The Bertz CT molecular complexity index is 964. The summed E-state index contributed by atoms with van der Waals surface area (Å²) in [5.41, 5.74) is -1.08. The zero-order chi connectivity index (χ0) is 24.3. The molecule has 0 fully saturated rings. The predicted molar refractivity (Wildman–Crippen MR) is 120 cm³/mol. The lowest BCUT2D eigenvalue weighted by Crippen LogP contribution is -2.36. The summed E-state index contributed by atoms with van der Waals surface area (Å²) < 4.78 is 5.39. The monoisotopic (exact) mass is 444 g/mol. The van der Waals surface area contributed by atoms with Crippen LogP contribution in [0.5, 0.6) is 0 Å². The molecule has 2 atom stereocenters. The number of hydrogen-bond donors (Lipinski definition) is 3. The summed E-state index contributed by atoms with van der Waals surface area (Å²) in [6.07, 6.45) is 1.48. The fourth-order valence-electron chi connectivity index (χ4n) is 3.36. The first-order chi connectivity index (χ1) is 14.8. The van der Waals surface area contributed by atoms with Gasteiger partial charge in [-0.05, 0) is 40.0 Å². The van der Waals surface area contributed by atoms with Crippen LogP contribution in [0.15, 0.2) is 41.5 Å². The number of allylic oxidation sites excluding steroid dienone is 2. The Labute approximate surface area is 188 Å². The standard InChI is InChI=1S/C25H32O7/c1-15(9-8-12-25(5,31)16(2)26)23(30)32-14-24(3,4)13-19-20(27)17-10-6-7-11-18(17)21(28)22(19)29/h6-7,9-11,16,26-27,31H,8,12-14H2,1-5H3/b15-9+/t16-,25-/m1/s1. The number of carbonyl (C=O) groups excluding carboxylic acids is 3. The number of rotatable bonds is 9. The lowest BCUT2D eigenvalue weighted by molar-refractivity contribution is -0.142. The lowest BCUT2D eigenvalue weighted by atomic mass is 9.79. The van der Waals surface area contributed by atoms with E-state index in [2.05, 4.69) is 0 Å². The molecule has 2 rings (SSSR count). The van der Waals surface area contributed by atoms with Crippen molar-refractivity contribution in [2.75, 3.05) is 6.61 Å². The highest BCUT2D eigenvalue weighted by Gasteiger charge is 2.36. The number of aliphatic hydroxyl groups excluding tert-OH is 2. The second-order valence-corrected chi connectivity index (χ2v) is 9.41. The van der Waals surface area contributed by atoms with Crippen molar-refractivity contribution in [3.63, 3.8) is 0 Å². The van der Waals surface area contributed by atoms with Gasteiger partial charge >= 0.3 is 5.97 Å². The normalized spacial score (nSPS) is 17.7. The molecule has 1 aromatic rings. The Morgan fingerprint density at radius 3 is 2.31 bits per heavy atom. The van der Waals surface area contributed by atoms with E-state index < -0.39 is 34.7 Å². The molecule has 0 heterocycles. The summed E-state index contributed by atoms with van der Waals surface area (Å²) in [4.78, 5) is 37.3. The van der Waals surface area contributed by atoms with Gasteiger partial charge in [-0.2, -0.15) is 0 Å². The second-order valence-electron chi connectivity index (χ2n) is 9.41. The largest absolute Gasteiger partial charge is 0.507 e. The van der Waals surface area contributed by atoms with E-state index in [-0.39, 0.29) is 36.3 Å². The van der Waals surface area contributed by atoms with Crippen LogP contribution >= 0.6 is 0 Å². The Balaban J connectivity index is 2.03. The molecule has 1 aliphatic carbocycles. The minimum atomic E-state index is -1.25. The number of fused-ring (bicyclic) bond motifs is 1. The van der Waals surface area contributed by atoms with E-state index in [1.54, 1.807) is 45.0 Å². The lowest BCUT2D eigenvalue weighted by Gasteiger charge is -2.27. The molecular formula is C25H32O7. The van der Waals surface area contributed by atoms with E-state index in [0.29, 0.717) is 17.6 Å². The molecule has 1 aliphatic rings. The highest BCUT2D eigenvalue weighted by atomic mass is 16.5. The smallest absolute Gasteiger partial charge is 0.333 e. The van der Waals surface area contributed by atoms with Crippen molar-refractivity contribution in [2.45, 2.75) is 65.6 Å². The molecule has 0 unspecified atom stereocenters. The molecule has 0 amide bonds. The number of hydrogen-bond acceptors (Lipinski definition) is 7. The molecule has 0 radical (unpaired) electrons. The van der Waals surface area contributed by atoms with Gasteiger partial charge < -0.3 is 20.1 Å². The van der Waals surface area contributed by atoms with E-state index in [9.17, 15) is 29.7 Å². The van der Waals surface area contributed by atoms with Crippen LogP contribution in [0.25, 0.3) is 5.76 Å². The van der Waals surface area contributed by atoms with Gasteiger partial charge in [0.2, 0.25) is 11.6 Å². The first kappa shape index (κ1) is 25.5. The molecule has 3 N–H and O–H groups in total. The second kappa shape index (κ2) is 9.79. The van der Waals surface area contributed by atoms with E-state index in [1.165, 1.54) is 19.9 Å². The van der Waals surface area contributed by atoms with Crippen LogP contribution in [0.4, 0.5) is 0 Å². The number of esters is 1. The van der Waals surface area contributed by atoms with Crippen LogP contribution in [-0.2, 0) is 14.3 Å². The molecule has 0 bridgehead atoms. The van der Waals surface area contributed by atoms with Crippen LogP contribution in [0.3, 0.4) is 0 Å². The molecule has 0 aliphatic heterocycles. The number of aliphatic hydroxyl groups is 3. The van der Waals surface area contributed by atoms with Gasteiger partial charge in [-0.1, -0.05) is 44.2 Å². The van der Waals surface area contributed by atoms with Gasteiger partial charge in [-0.3, -0.25) is 9.59 Å². The summed E-state index contributed by atoms with van der Waals surface area (Å²) in [5, 5.41) is 30.2. The van der Waals surface area contributed by atoms with Crippen LogP contribution in [0, 0.1) is 5.41 Å². The molecule has 174 valence electrons. The highest BCUT2D eigenvalue weighted by Crippen LogP contribution is 2.35. The molecule has 0 saturated carbocycles. The van der Waals surface area contributed by atoms with Gasteiger partial charge in [0, 0.05) is 27.7 Å². The zero-order valence-corrected chi connectivity index (χ0v) is 19.3. The number of ether oxygens (including phenoxy) is 1. The molecule has 1 aromatic carbocycles. The molecule has 32 heavy (non-hydrogen) atoms. The Morgan fingerprint density at radius 2 is 1.72 bits per heavy atom. The Hall–Kier alpha value is -2.77. The average Bonchev–Trinajstić information content (AvgIpc) is 2.73. The van der Waals surface area contributed by atoms with Crippen LogP contribution in [0.2, 0.25) is 0 Å². The van der Waals surface area contributed by atoms with Gasteiger partial charge in [0.1, 0.15) is 5.76 Å². The van der Waals surface area contributed by atoms with Crippen molar-refractivity contribution in [3.05, 3.63) is 52.6 Å². The Kier molecular flexibility index (Phi) is 7.80. The maximum atomic E-state index is 12.5. The third-order valence-electron chi connectivity index (χ3n) is 5.77. The summed E-state index contributed by atoms with van der Waals surface area (Å²) in [7, 11) is 0. The molecule has 0 spiro atoms. The number of carbonyl (C=O) groups is 3. The average molecular weight is 445 g/mol. The molecule has 7 heteroatoms. The maximum Gasteiger partial charge on any atom is 0.333 e. The Morgan fingerprint density at radius 1 is 1.12 bits per heavy atom. The van der Waals surface area contributed by atoms with Crippen molar-refractivity contribution in [1.29, 1.82) is 0 Å². The number of Topliss-reactive ketones (excluding diaryl/α,β-unsaturated/α-hetero) is 2. The van der Waals surface area contributed by atoms with Gasteiger partial charge in [-0.25, -0.2) is 4.79 Å². The van der Waals surface area contributed by atoms with Crippen LogP contribution in [0.1, 0.15) is 69.8 Å².